The summed E-state index contributed by atoms with van der Waals surface area (Å²) in [5.41, 5.74) is 4.84. The van der Waals surface area contributed by atoms with E-state index in [-0.39, 0.29) is 0 Å². The highest BCUT2D eigenvalue weighted by atomic mass is 16.1. The SMILES string of the molecule is CCCCCN(C=O)c1ccc(C)c(C)c1C. The average Bonchev–Trinajstić information content (AvgIpc) is 2.33. The van der Waals surface area contributed by atoms with Crippen LogP contribution in [0.15, 0.2) is 12.1 Å². The molecule has 2 heteroatoms. The lowest BCUT2D eigenvalue weighted by molar-refractivity contribution is -0.107. The van der Waals surface area contributed by atoms with E-state index in [1.807, 2.05) is 4.90 Å². The first kappa shape index (κ1) is 13.8. The molecule has 0 bridgehead atoms. The number of amides is 1. The minimum absolute atomic E-state index is 0.820. The number of hydrogen-bond acceptors (Lipinski definition) is 1. The minimum Gasteiger partial charge on any atom is -0.315 e. The zero-order valence-electron chi connectivity index (χ0n) is 11.4. The van der Waals surface area contributed by atoms with Crippen LogP contribution in [-0.2, 0) is 4.79 Å². The molecule has 0 aromatic heterocycles. The summed E-state index contributed by atoms with van der Waals surface area (Å²) in [7, 11) is 0. The maximum atomic E-state index is 11.2. The number of hydrogen-bond donors (Lipinski definition) is 0. The van der Waals surface area contributed by atoms with Gasteiger partial charge >= 0.3 is 0 Å². The normalized spacial score (nSPS) is 10.4. The smallest absolute Gasteiger partial charge is 0.214 e. The van der Waals surface area contributed by atoms with Crippen LogP contribution in [0.1, 0.15) is 42.9 Å². The molecule has 0 aliphatic rings. The molecule has 0 radical (unpaired) electrons. The fourth-order valence-electron chi connectivity index (χ4n) is 2.02. The van der Waals surface area contributed by atoms with Crippen LogP contribution in [0.3, 0.4) is 0 Å². The van der Waals surface area contributed by atoms with E-state index in [0.717, 1.165) is 25.1 Å². The van der Waals surface area contributed by atoms with Crippen molar-refractivity contribution in [1.82, 2.24) is 0 Å². The summed E-state index contributed by atoms with van der Waals surface area (Å²) in [6, 6.07) is 4.14. The van der Waals surface area contributed by atoms with E-state index in [1.54, 1.807) is 0 Å². The monoisotopic (exact) mass is 233 g/mol. The summed E-state index contributed by atoms with van der Waals surface area (Å²) in [6.45, 7) is 9.30. The number of benzene rings is 1. The minimum atomic E-state index is 0.820. The highest BCUT2D eigenvalue weighted by Gasteiger charge is 2.10. The van der Waals surface area contributed by atoms with E-state index in [0.29, 0.717) is 0 Å². The third-order valence-electron chi connectivity index (χ3n) is 3.47. The van der Waals surface area contributed by atoms with Crippen molar-refractivity contribution in [3.63, 3.8) is 0 Å². The first-order valence-corrected chi connectivity index (χ1v) is 6.40. The van der Waals surface area contributed by atoms with Gasteiger partial charge in [0.1, 0.15) is 0 Å². The molecule has 0 aliphatic heterocycles. The van der Waals surface area contributed by atoms with Crippen molar-refractivity contribution in [2.75, 3.05) is 11.4 Å². The number of anilines is 1. The van der Waals surface area contributed by atoms with Crippen molar-refractivity contribution in [2.24, 2.45) is 0 Å². The van der Waals surface area contributed by atoms with Crippen molar-refractivity contribution < 1.29 is 4.79 Å². The molecular weight excluding hydrogens is 210 g/mol. The van der Waals surface area contributed by atoms with Gasteiger partial charge in [0.05, 0.1) is 0 Å². The van der Waals surface area contributed by atoms with Crippen molar-refractivity contribution in [1.29, 1.82) is 0 Å². The van der Waals surface area contributed by atoms with E-state index in [4.69, 9.17) is 0 Å². The summed E-state index contributed by atoms with van der Waals surface area (Å²) in [5.74, 6) is 0. The number of carbonyl (C=O) groups is 1. The van der Waals surface area contributed by atoms with Crippen molar-refractivity contribution >= 4 is 12.1 Å². The highest BCUT2D eigenvalue weighted by molar-refractivity contribution is 5.77. The molecule has 2 nitrogen and oxygen atoms in total. The Morgan fingerprint density at radius 2 is 1.82 bits per heavy atom. The summed E-state index contributed by atoms with van der Waals surface area (Å²) in [4.78, 5) is 13.0. The highest BCUT2D eigenvalue weighted by Crippen LogP contribution is 2.24. The van der Waals surface area contributed by atoms with Gasteiger partial charge in [-0.05, 0) is 49.9 Å². The predicted molar refractivity (Wildman–Crippen MR) is 73.6 cm³/mol. The van der Waals surface area contributed by atoms with Gasteiger partial charge in [0.15, 0.2) is 0 Å². The van der Waals surface area contributed by atoms with Gasteiger partial charge < -0.3 is 4.90 Å². The van der Waals surface area contributed by atoms with Gasteiger partial charge in [0.25, 0.3) is 0 Å². The third kappa shape index (κ3) is 3.32. The van der Waals surface area contributed by atoms with Gasteiger partial charge in [-0.2, -0.15) is 0 Å². The fraction of sp³-hybridized carbons (Fsp3) is 0.533. The number of carbonyl (C=O) groups excluding carboxylic acids is 1. The summed E-state index contributed by atoms with van der Waals surface area (Å²) in [6.07, 6.45) is 4.38. The topological polar surface area (TPSA) is 20.3 Å². The molecule has 0 atom stereocenters. The van der Waals surface area contributed by atoms with Crippen LogP contribution in [0.5, 0.6) is 0 Å². The molecule has 17 heavy (non-hydrogen) atoms. The predicted octanol–water partition coefficient (Wildman–Crippen LogP) is 3.76. The Labute approximate surface area is 105 Å². The van der Waals surface area contributed by atoms with Crippen LogP contribution >= 0.6 is 0 Å². The molecule has 0 spiro atoms. The van der Waals surface area contributed by atoms with E-state index in [2.05, 4.69) is 39.8 Å². The number of unbranched alkanes of at least 4 members (excludes halogenated alkanes) is 2. The van der Waals surface area contributed by atoms with Crippen LogP contribution in [0, 0.1) is 20.8 Å². The van der Waals surface area contributed by atoms with Crippen LogP contribution in [0.4, 0.5) is 5.69 Å². The fourth-order valence-corrected chi connectivity index (χ4v) is 2.02. The second-order valence-corrected chi connectivity index (χ2v) is 4.66. The largest absolute Gasteiger partial charge is 0.315 e. The lowest BCUT2D eigenvalue weighted by Crippen LogP contribution is -2.23. The molecule has 1 amide bonds. The zero-order chi connectivity index (χ0) is 12.8. The molecule has 1 rings (SSSR count). The quantitative estimate of drug-likeness (QED) is 0.541. The molecule has 1 aromatic rings. The number of nitrogens with zero attached hydrogens (tertiary/aromatic N) is 1. The first-order chi connectivity index (χ1) is 8.11. The Balaban J connectivity index is 2.88. The van der Waals surface area contributed by atoms with Gasteiger partial charge in [-0.3, -0.25) is 4.79 Å². The maximum Gasteiger partial charge on any atom is 0.214 e. The van der Waals surface area contributed by atoms with E-state index < -0.39 is 0 Å². The molecule has 0 saturated heterocycles. The van der Waals surface area contributed by atoms with Crippen molar-refractivity contribution in [3.8, 4) is 0 Å². The third-order valence-corrected chi connectivity index (χ3v) is 3.47. The van der Waals surface area contributed by atoms with Crippen LogP contribution in [-0.4, -0.2) is 13.0 Å². The van der Waals surface area contributed by atoms with Crippen LogP contribution in [0.25, 0.3) is 0 Å². The molecule has 0 heterocycles. The lowest BCUT2D eigenvalue weighted by atomic mass is 10.0. The molecule has 0 N–H and O–H groups in total. The standard InChI is InChI=1S/C15H23NO/c1-5-6-7-10-16(11-17)15-9-8-12(2)13(3)14(15)4/h8-9,11H,5-7,10H2,1-4H3. The Morgan fingerprint density at radius 1 is 1.12 bits per heavy atom. The van der Waals surface area contributed by atoms with Crippen molar-refractivity contribution in [2.45, 2.75) is 47.0 Å². The maximum absolute atomic E-state index is 11.2. The number of rotatable bonds is 6. The van der Waals surface area contributed by atoms with E-state index in [1.165, 1.54) is 29.5 Å². The van der Waals surface area contributed by atoms with E-state index in [9.17, 15) is 4.79 Å². The van der Waals surface area contributed by atoms with Gasteiger partial charge in [0.2, 0.25) is 6.41 Å². The van der Waals surface area contributed by atoms with Crippen LogP contribution in [0.2, 0.25) is 0 Å². The molecule has 0 aliphatic carbocycles. The Morgan fingerprint density at radius 3 is 2.41 bits per heavy atom. The molecule has 1 aromatic carbocycles. The summed E-state index contributed by atoms with van der Waals surface area (Å²) in [5, 5.41) is 0. The Bertz CT molecular complexity index is 385. The van der Waals surface area contributed by atoms with Crippen LogP contribution < -0.4 is 4.90 Å². The molecule has 0 saturated carbocycles. The molecular formula is C15H23NO. The second-order valence-electron chi connectivity index (χ2n) is 4.66. The Hall–Kier alpha value is -1.31. The Kier molecular flexibility index (Phi) is 5.20. The zero-order valence-corrected chi connectivity index (χ0v) is 11.4. The van der Waals surface area contributed by atoms with Gasteiger partial charge in [-0.15, -0.1) is 0 Å². The van der Waals surface area contributed by atoms with Gasteiger partial charge in [0, 0.05) is 12.2 Å². The molecule has 94 valence electrons. The van der Waals surface area contributed by atoms with Crippen molar-refractivity contribution in [3.05, 3.63) is 28.8 Å². The lowest BCUT2D eigenvalue weighted by Gasteiger charge is -2.21. The van der Waals surface area contributed by atoms with Gasteiger partial charge in [-0.1, -0.05) is 25.8 Å². The first-order valence-electron chi connectivity index (χ1n) is 6.40. The second kappa shape index (κ2) is 6.43. The molecule has 0 fully saturated rings. The van der Waals surface area contributed by atoms with Gasteiger partial charge in [-0.25, -0.2) is 0 Å². The van der Waals surface area contributed by atoms with E-state index >= 15 is 0 Å². The molecule has 0 unspecified atom stereocenters. The number of aryl methyl sites for hydroxylation is 1. The summed E-state index contributed by atoms with van der Waals surface area (Å²) >= 11 is 0. The summed E-state index contributed by atoms with van der Waals surface area (Å²) < 4.78 is 0. The average molecular weight is 233 g/mol.